The summed E-state index contributed by atoms with van der Waals surface area (Å²) in [5.41, 5.74) is 2.28. The maximum atomic E-state index is 15.0. The molecule has 2 atom stereocenters. The monoisotopic (exact) mass is 462 g/mol. The van der Waals surface area contributed by atoms with Gasteiger partial charge in [0.1, 0.15) is 0 Å². The van der Waals surface area contributed by atoms with Crippen LogP contribution < -0.4 is 4.74 Å². The average molecular weight is 463 g/mol. The summed E-state index contributed by atoms with van der Waals surface area (Å²) < 4.78 is 54.4. The summed E-state index contributed by atoms with van der Waals surface area (Å²) in [6.07, 6.45) is 10.2. The number of hydrogen-bond donors (Lipinski definition) is 0. The first-order valence-corrected chi connectivity index (χ1v) is 12.5. The van der Waals surface area contributed by atoms with E-state index in [0.29, 0.717) is 29.4 Å². The highest BCUT2D eigenvalue weighted by molar-refractivity contribution is 5.34. The number of benzene rings is 1. The zero-order chi connectivity index (χ0) is 23.4. The molecule has 2 fully saturated rings. The van der Waals surface area contributed by atoms with Gasteiger partial charge in [-0.1, -0.05) is 18.2 Å². The summed E-state index contributed by atoms with van der Waals surface area (Å²) in [7, 11) is 3.20. The maximum Gasteiger partial charge on any atom is 0.165 e. The van der Waals surface area contributed by atoms with E-state index >= 15 is 0 Å². The molecule has 0 spiro atoms. The predicted octanol–water partition coefficient (Wildman–Crippen LogP) is 7.64. The van der Waals surface area contributed by atoms with Crippen molar-refractivity contribution in [1.29, 1.82) is 0 Å². The summed E-state index contributed by atoms with van der Waals surface area (Å²) in [6.45, 7) is 0. The largest absolute Gasteiger partial charge is 0.494 e. The van der Waals surface area contributed by atoms with Gasteiger partial charge < -0.3 is 9.47 Å². The number of methoxy groups -OCH3 is 2. The smallest absolute Gasteiger partial charge is 0.165 e. The summed E-state index contributed by atoms with van der Waals surface area (Å²) in [5.74, 6) is 0.986. The summed E-state index contributed by atoms with van der Waals surface area (Å²) in [4.78, 5) is 0. The Hall–Kier alpha value is -1.75. The molecule has 0 bridgehead atoms. The van der Waals surface area contributed by atoms with Gasteiger partial charge in [-0.2, -0.15) is 0 Å². The lowest BCUT2D eigenvalue weighted by molar-refractivity contribution is 0.0581. The maximum absolute atomic E-state index is 15.0. The Bertz CT molecular complexity index is 849. The molecule has 0 aromatic heterocycles. The second-order valence-electron chi connectivity index (χ2n) is 10.1. The molecule has 2 saturated carbocycles. The first-order chi connectivity index (χ1) is 16.0. The van der Waals surface area contributed by atoms with Crippen LogP contribution in [0.15, 0.2) is 41.5 Å². The van der Waals surface area contributed by atoms with Crippen molar-refractivity contribution in [1.82, 2.24) is 0 Å². The molecule has 0 amide bonds. The van der Waals surface area contributed by atoms with Crippen LogP contribution in [0.4, 0.5) is 13.2 Å². The average Bonchev–Trinajstić information content (AvgIpc) is 2.85. The van der Waals surface area contributed by atoms with Crippen LogP contribution in [0.1, 0.15) is 75.7 Å². The van der Waals surface area contributed by atoms with Crippen molar-refractivity contribution in [2.45, 2.75) is 88.6 Å². The number of hydrogen-bond acceptors (Lipinski definition) is 2. The van der Waals surface area contributed by atoms with Crippen molar-refractivity contribution < 1.29 is 22.6 Å². The summed E-state index contributed by atoms with van der Waals surface area (Å²) in [6, 6.07) is 5.25. The zero-order valence-corrected chi connectivity index (χ0v) is 19.9. The van der Waals surface area contributed by atoms with Crippen LogP contribution in [-0.2, 0) is 4.74 Å². The van der Waals surface area contributed by atoms with Crippen molar-refractivity contribution >= 4 is 0 Å². The third-order valence-electron chi connectivity index (χ3n) is 8.23. The molecule has 33 heavy (non-hydrogen) atoms. The van der Waals surface area contributed by atoms with E-state index in [-0.39, 0.29) is 23.6 Å². The Morgan fingerprint density at radius 1 is 0.848 bits per heavy atom. The zero-order valence-electron chi connectivity index (χ0n) is 19.9. The Balaban J connectivity index is 1.27. The minimum absolute atomic E-state index is 0.139. The summed E-state index contributed by atoms with van der Waals surface area (Å²) >= 11 is 0. The molecule has 4 rings (SSSR count). The van der Waals surface area contributed by atoms with Gasteiger partial charge in [-0.25, -0.2) is 13.2 Å². The molecule has 0 aliphatic heterocycles. The van der Waals surface area contributed by atoms with Gasteiger partial charge in [0.15, 0.2) is 23.9 Å². The van der Waals surface area contributed by atoms with Gasteiger partial charge in [0.05, 0.1) is 13.2 Å². The molecule has 2 unspecified atom stereocenters. The molecule has 2 nitrogen and oxygen atoms in total. The minimum atomic E-state index is -1.51. The lowest BCUT2D eigenvalue weighted by Crippen LogP contribution is -2.31. The molecular weight excluding hydrogens is 425 g/mol. The first-order valence-electron chi connectivity index (χ1n) is 12.5. The highest BCUT2D eigenvalue weighted by Crippen LogP contribution is 2.41. The lowest BCUT2D eigenvalue weighted by Gasteiger charge is -2.34. The second-order valence-corrected chi connectivity index (χ2v) is 10.1. The number of ether oxygens (including phenoxy) is 2. The van der Waals surface area contributed by atoms with Crippen LogP contribution in [0, 0.1) is 17.7 Å². The standard InChI is InChI=1S/C28H37F3O2/c1-32-23-13-9-20(10-14-23)24-15-11-21(27(30)28(24)31)8-5-18-3-6-19(7-4-18)22-12-16-26(33-2)25(29)17-22/h11-12,15-20,23,27-28H,3-10,13-14H2,1-2H3. The van der Waals surface area contributed by atoms with E-state index in [9.17, 15) is 13.2 Å². The van der Waals surface area contributed by atoms with Gasteiger partial charge in [-0.15, -0.1) is 0 Å². The minimum Gasteiger partial charge on any atom is -0.494 e. The normalized spacial score (nSPS) is 32.8. The van der Waals surface area contributed by atoms with Crippen LogP contribution >= 0.6 is 0 Å². The Morgan fingerprint density at radius 2 is 1.55 bits per heavy atom. The van der Waals surface area contributed by atoms with E-state index in [0.717, 1.165) is 63.4 Å². The van der Waals surface area contributed by atoms with E-state index in [4.69, 9.17) is 9.47 Å². The molecule has 0 saturated heterocycles. The van der Waals surface area contributed by atoms with Crippen LogP contribution in [0.2, 0.25) is 0 Å². The van der Waals surface area contributed by atoms with E-state index in [1.807, 2.05) is 18.2 Å². The van der Waals surface area contributed by atoms with Gasteiger partial charge in [0.25, 0.3) is 0 Å². The fourth-order valence-corrected chi connectivity index (χ4v) is 6.05. The Morgan fingerprint density at radius 3 is 2.18 bits per heavy atom. The lowest BCUT2D eigenvalue weighted by atomic mass is 9.75. The number of allylic oxidation sites excluding steroid dienone is 4. The molecule has 0 radical (unpaired) electrons. The molecule has 0 N–H and O–H groups in total. The quantitative estimate of drug-likeness (QED) is 0.415. The van der Waals surface area contributed by atoms with Crippen LogP contribution in [-0.4, -0.2) is 32.7 Å². The first kappa shape index (κ1) is 24.4. The van der Waals surface area contributed by atoms with Crippen molar-refractivity contribution in [3.8, 4) is 5.75 Å². The van der Waals surface area contributed by atoms with Gasteiger partial charge in [0.2, 0.25) is 0 Å². The van der Waals surface area contributed by atoms with Gasteiger partial charge in [-0.05, 0) is 111 Å². The topological polar surface area (TPSA) is 18.5 Å². The highest BCUT2D eigenvalue weighted by atomic mass is 19.2. The van der Waals surface area contributed by atoms with Gasteiger partial charge in [0, 0.05) is 7.11 Å². The van der Waals surface area contributed by atoms with Crippen molar-refractivity contribution in [3.05, 3.63) is 52.9 Å². The number of halogens is 3. The van der Waals surface area contributed by atoms with Crippen molar-refractivity contribution in [2.24, 2.45) is 11.8 Å². The third kappa shape index (κ3) is 5.67. The van der Waals surface area contributed by atoms with Gasteiger partial charge in [-0.3, -0.25) is 0 Å². The number of rotatable bonds is 7. The van der Waals surface area contributed by atoms with Crippen molar-refractivity contribution in [2.75, 3.05) is 14.2 Å². The van der Waals surface area contributed by atoms with Crippen LogP contribution in [0.25, 0.3) is 0 Å². The van der Waals surface area contributed by atoms with E-state index in [2.05, 4.69) is 0 Å². The van der Waals surface area contributed by atoms with E-state index in [1.54, 1.807) is 19.2 Å². The van der Waals surface area contributed by atoms with Crippen LogP contribution in [0.3, 0.4) is 0 Å². The Labute approximate surface area is 196 Å². The van der Waals surface area contributed by atoms with E-state index in [1.165, 1.54) is 7.11 Å². The molecule has 5 heteroatoms. The molecule has 1 aromatic rings. The highest BCUT2D eigenvalue weighted by Gasteiger charge is 2.36. The molecule has 182 valence electrons. The molecule has 1 aromatic carbocycles. The van der Waals surface area contributed by atoms with E-state index < -0.39 is 12.3 Å². The van der Waals surface area contributed by atoms with Crippen LogP contribution in [0.5, 0.6) is 5.75 Å². The Kier molecular flexibility index (Phi) is 8.21. The molecule has 3 aliphatic rings. The SMILES string of the molecule is COc1ccc(C2CCC(CCC3=CC=C(C4CCC(OC)CC4)C(F)C3F)CC2)cc1F. The molecule has 0 heterocycles. The molecule has 3 aliphatic carbocycles. The fraction of sp³-hybridized carbons (Fsp3) is 0.643. The van der Waals surface area contributed by atoms with Gasteiger partial charge >= 0.3 is 0 Å². The third-order valence-corrected chi connectivity index (χ3v) is 8.23. The molecular formula is C28H37F3O2. The predicted molar refractivity (Wildman–Crippen MR) is 126 cm³/mol. The van der Waals surface area contributed by atoms with Crippen molar-refractivity contribution in [3.63, 3.8) is 0 Å². The second kappa shape index (κ2) is 11.1. The number of alkyl halides is 2. The summed E-state index contributed by atoms with van der Waals surface area (Å²) in [5, 5.41) is 0. The fourth-order valence-electron chi connectivity index (χ4n) is 6.05.